The third kappa shape index (κ3) is 2.64. The molecular formula is C14H19F2NO. The van der Waals surface area contributed by atoms with Gasteiger partial charge in [0.2, 0.25) is 0 Å². The number of likely N-dealkylation sites (tertiary alicyclic amines) is 1. The molecule has 2 nitrogen and oxygen atoms in total. The Kier molecular flexibility index (Phi) is 3.85. The Labute approximate surface area is 106 Å². The van der Waals surface area contributed by atoms with Crippen LogP contribution in [0.1, 0.15) is 38.7 Å². The van der Waals surface area contributed by atoms with Gasteiger partial charge in [0.15, 0.2) is 17.4 Å². The molecule has 1 saturated heterocycles. The Morgan fingerprint density at radius 2 is 1.67 bits per heavy atom. The molecule has 18 heavy (non-hydrogen) atoms. The molecule has 1 N–H and O–H groups in total. The first-order chi connectivity index (χ1) is 8.49. The molecule has 1 fully saturated rings. The highest BCUT2D eigenvalue weighted by Crippen LogP contribution is 2.27. The minimum atomic E-state index is -0.890. The van der Waals surface area contributed by atoms with Gasteiger partial charge in [-0.25, -0.2) is 8.78 Å². The van der Waals surface area contributed by atoms with Crippen molar-refractivity contribution in [2.45, 2.75) is 51.7 Å². The molecule has 1 heterocycles. The first-order valence-corrected chi connectivity index (χ1v) is 6.41. The molecule has 1 aromatic carbocycles. The highest BCUT2D eigenvalue weighted by atomic mass is 19.1. The average molecular weight is 255 g/mol. The molecule has 4 heteroatoms. The topological polar surface area (TPSA) is 23.5 Å². The van der Waals surface area contributed by atoms with Crippen LogP contribution in [0.4, 0.5) is 8.78 Å². The van der Waals surface area contributed by atoms with Crippen molar-refractivity contribution in [2.24, 2.45) is 0 Å². The molecule has 1 aliphatic rings. The number of hydrogen-bond acceptors (Lipinski definition) is 2. The van der Waals surface area contributed by atoms with Gasteiger partial charge in [-0.05, 0) is 44.4 Å². The van der Waals surface area contributed by atoms with Crippen molar-refractivity contribution in [1.82, 2.24) is 4.90 Å². The Morgan fingerprint density at radius 1 is 1.17 bits per heavy atom. The lowest BCUT2D eigenvalue weighted by Crippen LogP contribution is -2.42. The molecule has 0 saturated carbocycles. The van der Waals surface area contributed by atoms with Gasteiger partial charge >= 0.3 is 0 Å². The summed E-state index contributed by atoms with van der Waals surface area (Å²) in [7, 11) is 0. The molecule has 1 aliphatic heterocycles. The zero-order valence-electron chi connectivity index (χ0n) is 10.8. The van der Waals surface area contributed by atoms with Gasteiger partial charge in [-0.15, -0.1) is 0 Å². The van der Waals surface area contributed by atoms with Gasteiger partial charge in [-0.3, -0.25) is 4.90 Å². The summed E-state index contributed by atoms with van der Waals surface area (Å²) in [5.41, 5.74) is 0.573. The van der Waals surface area contributed by atoms with E-state index in [-0.39, 0.29) is 0 Å². The number of halogens is 2. The average Bonchev–Trinajstić information content (AvgIpc) is 2.31. The summed E-state index contributed by atoms with van der Waals surface area (Å²) in [5.74, 6) is -2.66. The lowest BCUT2D eigenvalue weighted by molar-refractivity contribution is 0.0950. The standard InChI is InChI=1S/C14H19F2NO/c1-9-4-3-5-10(2)17(9)8-11-6-12(15)14(18)13(16)7-11/h6-7,9-10,18H,3-5,8H2,1-2H3/t9-,10+. The summed E-state index contributed by atoms with van der Waals surface area (Å²) in [6.07, 6.45) is 3.44. The minimum Gasteiger partial charge on any atom is -0.503 e. The van der Waals surface area contributed by atoms with Gasteiger partial charge in [0.1, 0.15) is 0 Å². The smallest absolute Gasteiger partial charge is 0.187 e. The van der Waals surface area contributed by atoms with E-state index >= 15 is 0 Å². The number of hydrogen-bond donors (Lipinski definition) is 1. The maximum atomic E-state index is 13.3. The summed E-state index contributed by atoms with van der Waals surface area (Å²) in [6.45, 7) is 4.81. The van der Waals surface area contributed by atoms with Gasteiger partial charge in [0, 0.05) is 18.6 Å². The van der Waals surface area contributed by atoms with E-state index < -0.39 is 17.4 Å². The molecular weight excluding hydrogens is 236 g/mol. The van der Waals surface area contributed by atoms with E-state index in [0.29, 0.717) is 24.2 Å². The summed E-state index contributed by atoms with van der Waals surface area (Å²) in [6, 6.07) is 3.28. The fraction of sp³-hybridized carbons (Fsp3) is 0.571. The summed E-state index contributed by atoms with van der Waals surface area (Å²) >= 11 is 0. The van der Waals surface area contributed by atoms with E-state index in [9.17, 15) is 8.78 Å². The van der Waals surface area contributed by atoms with Crippen LogP contribution in [0, 0.1) is 11.6 Å². The van der Waals surface area contributed by atoms with E-state index in [1.54, 1.807) is 0 Å². The minimum absolute atomic E-state index is 0.425. The number of aromatic hydroxyl groups is 1. The van der Waals surface area contributed by atoms with Crippen molar-refractivity contribution in [2.75, 3.05) is 0 Å². The molecule has 2 rings (SSSR count). The highest BCUT2D eigenvalue weighted by Gasteiger charge is 2.25. The quantitative estimate of drug-likeness (QED) is 0.875. The fourth-order valence-electron chi connectivity index (χ4n) is 2.71. The summed E-state index contributed by atoms with van der Waals surface area (Å²) in [5, 5.41) is 9.08. The maximum Gasteiger partial charge on any atom is 0.187 e. The number of phenolic OH excluding ortho intramolecular Hbond substituents is 1. The largest absolute Gasteiger partial charge is 0.503 e. The Balaban J connectivity index is 2.18. The van der Waals surface area contributed by atoms with Crippen molar-refractivity contribution >= 4 is 0 Å². The van der Waals surface area contributed by atoms with Crippen molar-refractivity contribution in [3.8, 4) is 5.75 Å². The number of benzene rings is 1. The number of phenols is 1. The molecule has 100 valence electrons. The van der Waals surface area contributed by atoms with Crippen LogP contribution in [0.5, 0.6) is 5.75 Å². The normalized spacial score (nSPS) is 25.3. The summed E-state index contributed by atoms with van der Waals surface area (Å²) < 4.78 is 26.6. The first-order valence-electron chi connectivity index (χ1n) is 6.41. The predicted molar refractivity (Wildman–Crippen MR) is 66.3 cm³/mol. The second kappa shape index (κ2) is 5.22. The second-order valence-electron chi connectivity index (χ2n) is 5.21. The molecule has 0 spiro atoms. The van der Waals surface area contributed by atoms with Crippen LogP contribution >= 0.6 is 0 Å². The van der Waals surface area contributed by atoms with Crippen molar-refractivity contribution < 1.29 is 13.9 Å². The monoisotopic (exact) mass is 255 g/mol. The lowest BCUT2D eigenvalue weighted by atomic mass is 9.96. The molecule has 0 amide bonds. The zero-order chi connectivity index (χ0) is 13.3. The fourth-order valence-corrected chi connectivity index (χ4v) is 2.71. The van der Waals surface area contributed by atoms with Crippen LogP contribution in [0.2, 0.25) is 0 Å². The van der Waals surface area contributed by atoms with Gasteiger partial charge in [0.05, 0.1) is 0 Å². The van der Waals surface area contributed by atoms with Crippen LogP contribution in [0.3, 0.4) is 0 Å². The predicted octanol–water partition coefficient (Wildman–Crippen LogP) is 3.43. The van der Waals surface area contributed by atoms with Gasteiger partial charge in [-0.2, -0.15) is 0 Å². The van der Waals surface area contributed by atoms with E-state index in [1.807, 2.05) is 0 Å². The van der Waals surface area contributed by atoms with Crippen molar-refractivity contribution in [3.05, 3.63) is 29.3 Å². The van der Waals surface area contributed by atoms with Gasteiger partial charge < -0.3 is 5.11 Å². The van der Waals surface area contributed by atoms with E-state index in [4.69, 9.17) is 5.11 Å². The molecule has 0 radical (unpaired) electrons. The third-order valence-corrected chi connectivity index (χ3v) is 3.82. The van der Waals surface area contributed by atoms with E-state index in [2.05, 4.69) is 18.7 Å². The van der Waals surface area contributed by atoms with Crippen LogP contribution in [-0.2, 0) is 6.54 Å². The Hall–Kier alpha value is -1.16. The molecule has 0 aromatic heterocycles. The molecule has 1 aromatic rings. The zero-order valence-corrected chi connectivity index (χ0v) is 10.8. The van der Waals surface area contributed by atoms with E-state index in [0.717, 1.165) is 12.8 Å². The maximum absolute atomic E-state index is 13.3. The third-order valence-electron chi connectivity index (χ3n) is 3.82. The SMILES string of the molecule is C[C@@H]1CCC[C@H](C)N1Cc1cc(F)c(O)c(F)c1. The van der Waals surface area contributed by atoms with Crippen LogP contribution in [0.25, 0.3) is 0 Å². The molecule has 0 aliphatic carbocycles. The van der Waals surface area contributed by atoms with Crippen molar-refractivity contribution in [1.29, 1.82) is 0 Å². The van der Waals surface area contributed by atoms with Gasteiger partial charge in [-0.1, -0.05) is 6.42 Å². The highest BCUT2D eigenvalue weighted by molar-refractivity contribution is 5.30. The second-order valence-corrected chi connectivity index (χ2v) is 5.21. The Bertz CT molecular complexity index is 403. The molecule has 2 atom stereocenters. The Morgan fingerprint density at radius 3 is 2.17 bits per heavy atom. The number of piperidine rings is 1. The number of nitrogens with zero attached hydrogens (tertiary/aromatic N) is 1. The lowest BCUT2D eigenvalue weighted by Gasteiger charge is -2.39. The first kappa shape index (κ1) is 13.3. The van der Waals surface area contributed by atoms with Crippen molar-refractivity contribution in [3.63, 3.8) is 0 Å². The van der Waals surface area contributed by atoms with Crippen LogP contribution in [0.15, 0.2) is 12.1 Å². The van der Waals surface area contributed by atoms with Crippen LogP contribution < -0.4 is 0 Å². The number of rotatable bonds is 2. The summed E-state index contributed by atoms with van der Waals surface area (Å²) in [4.78, 5) is 2.26. The van der Waals surface area contributed by atoms with Gasteiger partial charge in [0.25, 0.3) is 0 Å². The molecule has 0 unspecified atom stereocenters. The molecule has 0 bridgehead atoms. The van der Waals surface area contributed by atoms with E-state index in [1.165, 1.54) is 18.6 Å². The van der Waals surface area contributed by atoms with Crippen LogP contribution in [-0.4, -0.2) is 22.1 Å².